The van der Waals surface area contributed by atoms with Crippen molar-refractivity contribution >= 4 is 11.7 Å². The van der Waals surface area contributed by atoms with Crippen molar-refractivity contribution in [3.8, 4) is 0 Å². The molecular formula is C24H33N3O. The van der Waals surface area contributed by atoms with Gasteiger partial charge in [0, 0.05) is 30.9 Å². The van der Waals surface area contributed by atoms with Gasteiger partial charge in [0.05, 0.1) is 0 Å². The summed E-state index contributed by atoms with van der Waals surface area (Å²) in [5.74, 6) is 0.994. The standard InChI is InChI=1S/C24H33N3O/c1-23(2,3)18-13-17(14-19(15-18)24(4,5)6)22(28)26-20-10-12-27(16-20)21-9-7-8-11-25-21/h7-9,11,13-15,20H,10,12,16H2,1-6H3,(H,26,28). The first-order chi connectivity index (χ1) is 13.0. The van der Waals surface area contributed by atoms with E-state index in [4.69, 9.17) is 0 Å². The summed E-state index contributed by atoms with van der Waals surface area (Å²) in [4.78, 5) is 19.7. The molecule has 1 saturated heterocycles. The molecule has 1 aliphatic heterocycles. The molecule has 1 atom stereocenters. The van der Waals surface area contributed by atoms with Crippen molar-refractivity contribution in [2.45, 2.75) is 64.8 Å². The molecule has 1 aliphatic rings. The monoisotopic (exact) mass is 379 g/mol. The number of hydrogen-bond donors (Lipinski definition) is 1. The summed E-state index contributed by atoms with van der Waals surface area (Å²) in [6, 6.07) is 12.4. The van der Waals surface area contributed by atoms with Crippen LogP contribution in [0.4, 0.5) is 5.82 Å². The molecule has 3 rings (SSSR count). The zero-order valence-corrected chi connectivity index (χ0v) is 18.0. The van der Waals surface area contributed by atoms with Gasteiger partial charge in [0.2, 0.25) is 0 Å². The maximum atomic E-state index is 13.1. The van der Waals surface area contributed by atoms with Crippen molar-refractivity contribution in [2.75, 3.05) is 18.0 Å². The van der Waals surface area contributed by atoms with Crippen molar-refractivity contribution in [1.29, 1.82) is 0 Å². The molecule has 0 saturated carbocycles. The fourth-order valence-corrected chi connectivity index (χ4v) is 3.52. The van der Waals surface area contributed by atoms with Crippen molar-refractivity contribution in [2.24, 2.45) is 0 Å². The van der Waals surface area contributed by atoms with Crippen LogP contribution in [0.2, 0.25) is 0 Å². The third-order valence-corrected chi connectivity index (χ3v) is 5.42. The number of aromatic nitrogens is 1. The molecule has 4 nitrogen and oxygen atoms in total. The third-order valence-electron chi connectivity index (χ3n) is 5.42. The molecule has 0 bridgehead atoms. The van der Waals surface area contributed by atoms with E-state index >= 15 is 0 Å². The molecular weight excluding hydrogens is 346 g/mol. The molecule has 1 amide bonds. The Morgan fingerprint density at radius 1 is 1.04 bits per heavy atom. The summed E-state index contributed by atoms with van der Waals surface area (Å²) in [7, 11) is 0. The summed E-state index contributed by atoms with van der Waals surface area (Å²) < 4.78 is 0. The Bertz CT molecular complexity index is 799. The molecule has 2 aromatic rings. The molecule has 1 aromatic carbocycles. The second-order valence-electron chi connectivity index (χ2n) is 9.89. The third kappa shape index (κ3) is 4.73. The van der Waals surface area contributed by atoms with Gasteiger partial charge < -0.3 is 10.2 Å². The van der Waals surface area contributed by atoms with Crippen molar-refractivity contribution < 1.29 is 4.79 Å². The molecule has 4 heteroatoms. The van der Waals surface area contributed by atoms with Gasteiger partial charge in [0.1, 0.15) is 5.82 Å². The van der Waals surface area contributed by atoms with Gasteiger partial charge >= 0.3 is 0 Å². The molecule has 150 valence electrons. The van der Waals surface area contributed by atoms with E-state index in [0.717, 1.165) is 30.9 Å². The fraction of sp³-hybridized carbons (Fsp3) is 0.500. The van der Waals surface area contributed by atoms with Gasteiger partial charge in [-0.2, -0.15) is 0 Å². The van der Waals surface area contributed by atoms with Gasteiger partial charge in [0.15, 0.2) is 0 Å². The van der Waals surface area contributed by atoms with Crippen LogP contribution in [0.1, 0.15) is 69.4 Å². The van der Waals surface area contributed by atoms with Crippen LogP contribution >= 0.6 is 0 Å². The molecule has 28 heavy (non-hydrogen) atoms. The highest BCUT2D eigenvalue weighted by Crippen LogP contribution is 2.30. The van der Waals surface area contributed by atoms with Crippen LogP contribution in [0.25, 0.3) is 0 Å². The first-order valence-corrected chi connectivity index (χ1v) is 10.2. The summed E-state index contributed by atoms with van der Waals surface area (Å²) in [6.07, 6.45) is 2.75. The summed E-state index contributed by atoms with van der Waals surface area (Å²) >= 11 is 0. The predicted molar refractivity (Wildman–Crippen MR) is 116 cm³/mol. The van der Waals surface area contributed by atoms with E-state index in [-0.39, 0.29) is 22.8 Å². The summed E-state index contributed by atoms with van der Waals surface area (Å²) in [5.41, 5.74) is 3.16. The zero-order valence-electron chi connectivity index (χ0n) is 18.0. The number of amides is 1. The first-order valence-electron chi connectivity index (χ1n) is 10.2. The van der Waals surface area contributed by atoms with E-state index in [1.54, 1.807) is 0 Å². The van der Waals surface area contributed by atoms with Gasteiger partial charge in [-0.3, -0.25) is 4.79 Å². The number of rotatable bonds is 3. The van der Waals surface area contributed by atoms with E-state index in [0.29, 0.717) is 0 Å². The average molecular weight is 380 g/mol. The largest absolute Gasteiger partial charge is 0.354 e. The quantitative estimate of drug-likeness (QED) is 0.842. The number of hydrogen-bond acceptors (Lipinski definition) is 3. The lowest BCUT2D eigenvalue weighted by Crippen LogP contribution is -2.37. The van der Waals surface area contributed by atoms with Crippen LogP contribution in [0.5, 0.6) is 0 Å². The number of carbonyl (C=O) groups excluding carboxylic acids is 1. The molecule has 1 N–H and O–H groups in total. The highest BCUT2D eigenvalue weighted by Gasteiger charge is 2.27. The van der Waals surface area contributed by atoms with Crippen LogP contribution in [0.3, 0.4) is 0 Å². The Kier molecular flexibility index (Phi) is 5.51. The van der Waals surface area contributed by atoms with E-state index < -0.39 is 0 Å². The minimum Gasteiger partial charge on any atom is -0.354 e. The predicted octanol–water partition coefficient (Wildman–Crippen LogP) is 4.69. The Hall–Kier alpha value is -2.36. The minimum absolute atomic E-state index is 0.000569. The smallest absolute Gasteiger partial charge is 0.251 e. The second-order valence-corrected chi connectivity index (χ2v) is 9.89. The SMILES string of the molecule is CC(C)(C)c1cc(C(=O)NC2CCN(c3ccccn3)C2)cc(C(C)(C)C)c1. The Morgan fingerprint density at radius 2 is 1.68 bits per heavy atom. The minimum atomic E-state index is -0.000569. The first kappa shape index (κ1) is 20.4. The van der Waals surface area contributed by atoms with Crippen LogP contribution < -0.4 is 10.2 Å². The fourth-order valence-electron chi connectivity index (χ4n) is 3.52. The molecule has 1 aromatic heterocycles. The van der Waals surface area contributed by atoms with Crippen LogP contribution in [-0.4, -0.2) is 30.0 Å². The van der Waals surface area contributed by atoms with Crippen LogP contribution in [-0.2, 0) is 10.8 Å². The molecule has 0 aliphatic carbocycles. The Labute approximate surface area is 169 Å². The van der Waals surface area contributed by atoms with E-state index in [1.807, 2.05) is 24.4 Å². The van der Waals surface area contributed by atoms with Crippen LogP contribution in [0, 0.1) is 0 Å². The second kappa shape index (κ2) is 7.57. The van der Waals surface area contributed by atoms with Gasteiger partial charge in [-0.05, 0) is 52.6 Å². The maximum Gasteiger partial charge on any atom is 0.251 e. The van der Waals surface area contributed by atoms with E-state index in [9.17, 15) is 4.79 Å². The Morgan fingerprint density at radius 3 is 2.21 bits per heavy atom. The lowest BCUT2D eigenvalue weighted by molar-refractivity contribution is 0.0940. The molecule has 0 spiro atoms. The number of nitrogens with one attached hydrogen (secondary N) is 1. The highest BCUT2D eigenvalue weighted by atomic mass is 16.1. The lowest BCUT2D eigenvalue weighted by atomic mass is 9.79. The normalized spacial score (nSPS) is 17.6. The van der Waals surface area contributed by atoms with Gasteiger partial charge in [-0.25, -0.2) is 4.98 Å². The average Bonchev–Trinajstić information content (AvgIpc) is 3.09. The van der Waals surface area contributed by atoms with E-state index in [2.05, 4.69) is 74.9 Å². The van der Waals surface area contributed by atoms with Crippen molar-refractivity contribution in [3.05, 3.63) is 59.3 Å². The van der Waals surface area contributed by atoms with Gasteiger partial charge in [-0.15, -0.1) is 0 Å². The number of anilines is 1. The zero-order chi connectivity index (χ0) is 20.5. The number of pyridine rings is 1. The number of nitrogens with zero attached hydrogens (tertiary/aromatic N) is 2. The number of carbonyl (C=O) groups is 1. The lowest BCUT2D eigenvalue weighted by Gasteiger charge is -2.26. The highest BCUT2D eigenvalue weighted by molar-refractivity contribution is 5.95. The molecule has 2 heterocycles. The maximum absolute atomic E-state index is 13.1. The Balaban J connectivity index is 1.77. The summed E-state index contributed by atoms with van der Waals surface area (Å²) in [5, 5.41) is 3.24. The van der Waals surface area contributed by atoms with Crippen molar-refractivity contribution in [3.63, 3.8) is 0 Å². The molecule has 1 unspecified atom stereocenters. The van der Waals surface area contributed by atoms with Gasteiger partial charge in [0.25, 0.3) is 5.91 Å². The molecule has 0 radical (unpaired) electrons. The van der Waals surface area contributed by atoms with E-state index in [1.165, 1.54) is 11.1 Å². The summed E-state index contributed by atoms with van der Waals surface area (Å²) in [6.45, 7) is 14.9. The van der Waals surface area contributed by atoms with Gasteiger partial charge in [-0.1, -0.05) is 53.7 Å². The topological polar surface area (TPSA) is 45.2 Å². The molecule has 1 fully saturated rings. The van der Waals surface area contributed by atoms with Crippen molar-refractivity contribution in [1.82, 2.24) is 10.3 Å². The number of benzene rings is 1. The van der Waals surface area contributed by atoms with Crippen LogP contribution in [0.15, 0.2) is 42.6 Å².